The van der Waals surface area contributed by atoms with E-state index in [0.29, 0.717) is 0 Å². The normalized spacial score (nSPS) is 15.9. The smallest absolute Gasteiger partial charge is 0.0308 e. The third-order valence-corrected chi connectivity index (χ3v) is 2.83. The Kier molecular flexibility index (Phi) is 1.90. The minimum atomic E-state index is 0.253. The highest BCUT2D eigenvalue weighted by Gasteiger charge is 2.22. The number of hydrogen-bond acceptors (Lipinski definition) is 1. The van der Waals surface area contributed by atoms with Gasteiger partial charge >= 0.3 is 0 Å². The van der Waals surface area contributed by atoms with Gasteiger partial charge in [-0.25, -0.2) is 0 Å². The molecule has 0 radical (unpaired) electrons. The fourth-order valence-corrected chi connectivity index (χ4v) is 2.14. The van der Waals surface area contributed by atoms with E-state index in [1.807, 2.05) is 12.4 Å². The molecule has 1 aromatic heterocycles. The molecule has 0 aliphatic heterocycles. The highest BCUT2D eigenvalue weighted by molar-refractivity contribution is 5.39. The number of rotatable bonds is 0. The standard InChI is InChI=1S/C12H17N/c1-12(2,3)11-8-13-7-9-5-4-6-10(9)11/h7-8H,4-6H2,1-3H3. The van der Waals surface area contributed by atoms with Crippen molar-refractivity contribution in [2.24, 2.45) is 0 Å². The lowest BCUT2D eigenvalue weighted by Gasteiger charge is -2.21. The van der Waals surface area contributed by atoms with Gasteiger partial charge in [0.2, 0.25) is 0 Å². The van der Waals surface area contributed by atoms with E-state index < -0.39 is 0 Å². The van der Waals surface area contributed by atoms with Crippen LogP contribution in [0, 0.1) is 0 Å². The minimum absolute atomic E-state index is 0.253. The molecule has 0 amide bonds. The van der Waals surface area contributed by atoms with Gasteiger partial charge in [0.1, 0.15) is 0 Å². The summed E-state index contributed by atoms with van der Waals surface area (Å²) in [6, 6.07) is 0. The number of nitrogens with zero attached hydrogens (tertiary/aromatic N) is 1. The van der Waals surface area contributed by atoms with E-state index in [-0.39, 0.29) is 5.41 Å². The minimum Gasteiger partial charge on any atom is -0.264 e. The second-order valence-electron chi connectivity index (χ2n) is 4.93. The van der Waals surface area contributed by atoms with E-state index in [2.05, 4.69) is 25.8 Å². The largest absolute Gasteiger partial charge is 0.264 e. The van der Waals surface area contributed by atoms with Crippen molar-refractivity contribution in [3.63, 3.8) is 0 Å². The summed E-state index contributed by atoms with van der Waals surface area (Å²) in [5.41, 5.74) is 4.75. The van der Waals surface area contributed by atoms with Gasteiger partial charge in [0, 0.05) is 12.4 Å². The Hall–Kier alpha value is -0.850. The van der Waals surface area contributed by atoms with Crippen LogP contribution >= 0.6 is 0 Å². The number of aryl methyl sites for hydroxylation is 1. The average molecular weight is 175 g/mol. The second kappa shape index (κ2) is 2.83. The molecule has 0 saturated heterocycles. The molecule has 0 atom stereocenters. The van der Waals surface area contributed by atoms with Gasteiger partial charge in [0.15, 0.2) is 0 Å². The molecule has 2 rings (SSSR count). The lowest BCUT2D eigenvalue weighted by molar-refractivity contribution is 0.580. The first-order chi connectivity index (χ1) is 6.09. The van der Waals surface area contributed by atoms with Crippen LogP contribution in [-0.2, 0) is 18.3 Å². The van der Waals surface area contributed by atoms with E-state index in [9.17, 15) is 0 Å². The molecule has 13 heavy (non-hydrogen) atoms. The predicted molar refractivity (Wildman–Crippen MR) is 55.0 cm³/mol. The molecule has 0 N–H and O–H groups in total. The molecule has 0 unspecified atom stereocenters. The fraction of sp³-hybridized carbons (Fsp3) is 0.583. The third-order valence-electron chi connectivity index (χ3n) is 2.83. The van der Waals surface area contributed by atoms with Gasteiger partial charge in [0.05, 0.1) is 0 Å². The monoisotopic (exact) mass is 175 g/mol. The second-order valence-corrected chi connectivity index (χ2v) is 4.93. The van der Waals surface area contributed by atoms with Crippen molar-refractivity contribution in [2.45, 2.75) is 45.4 Å². The summed E-state index contributed by atoms with van der Waals surface area (Å²) < 4.78 is 0. The van der Waals surface area contributed by atoms with Crippen molar-refractivity contribution in [1.29, 1.82) is 0 Å². The molecule has 0 spiro atoms. The molecule has 1 aliphatic carbocycles. The number of hydrogen-bond donors (Lipinski definition) is 0. The van der Waals surface area contributed by atoms with Crippen LogP contribution < -0.4 is 0 Å². The molecule has 0 saturated carbocycles. The van der Waals surface area contributed by atoms with E-state index in [1.165, 1.54) is 30.4 Å². The van der Waals surface area contributed by atoms with E-state index >= 15 is 0 Å². The first-order valence-electron chi connectivity index (χ1n) is 5.05. The first-order valence-corrected chi connectivity index (χ1v) is 5.05. The summed E-state index contributed by atoms with van der Waals surface area (Å²) in [6.07, 6.45) is 7.88. The Bertz CT molecular complexity index is 320. The Morgan fingerprint density at radius 2 is 1.92 bits per heavy atom. The summed E-state index contributed by atoms with van der Waals surface area (Å²) in [4.78, 5) is 4.32. The van der Waals surface area contributed by atoms with Crippen LogP contribution in [0.1, 0.15) is 43.9 Å². The third kappa shape index (κ3) is 1.48. The van der Waals surface area contributed by atoms with Gasteiger partial charge in [-0.15, -0.1) is 0 Å². The molecule has 70 valence electrons. The van der Waals surface area contributed by atoms with Crippen molar-refractivity contribution in [3.8, 4) is 0 Å². The van der Waals surface area contributed by atoms with Crippen LogP contribution in [-0.4, -0.2) is 4.98 Å². The lowest BCUT2D eigenvalue weighted by atomic mass is 9.84. The molecule has 0 aromatic carbocycles. The number of fused-ring (bicyclic) bond motifs is 1. The quantitative estimate of drug-likeness (QED) is 0.591. The zero-order valence-electron chi connectivity index (χ0n) is 8.72. The van der Waals surface area contributed by atoms with Crippen molar-refractivity contribution in [2.75, 3.05) is 0 Å². The summed E-state index contributed by atoms with van der Waals surface area (Å²) in [5.74, 6) is 0. The molecule has 1 heterocycles. The Balaban J connectivity index is 2.54. The van der Waals surface area contributed by atoms with Crippen LogP contribution in [0.4, 0.5) is 0 Å². The van der Waals surface area contributed by atoms with Gasteiger partial charge in [-0.1, -0.05) is 20.8 Å². The topological polar surface area (TPSA) is 12.9 Å². The van der Waals surface area contributed by atoms with Crippen LogP contribution in [0.3, 0.4) is 0 Å². The Labute approximate surface area is 80.2 Å². The Morgan fingerprint density at radius 1 is 1.15 bits per heavy atom. The van der Waals surface area contributed by atoms with Gasteiger partial charge in [-0.05, 0) is 41.4 Å². The SMILES string of the molecule is CC(C)(C)c1cncc2c1CCC2. The summed E-state index contributed by atoms with van der Waals surface area (Å²) in [6.45, 7) is 6.80. The van der Waals surface area contributed by atoms with Crippen LogP contribution in [0.2, 0.25) is 0 Å². The molecule has 0 bridgehead atoms. The summed E-state index contributed by atoms with van der Waals surface area (Å²) in [7, 11) is 0. The zero-order chi connectivity index (χ0) is 9.47. The maximum absolute atomic E-state index is 4.32. The van der Waals surface area contributed by atoms with Crippen molar-refractivity contribution in [1.82, 2.24) is 4.98 Å². The molecular formula is C12H17N. The summed E-state index contributed by atoms with van der Waals surface area (Å²) >= 11 is 0. The molecule has 0 fully saturated rings. The van der Waals surface area contributed by atoms with E-state index in [1.54, 1.807) is 5.56 Å². The highest BCUT2D eigenvalue weighted by atomic mass is 14.6. The molecule has 1 aliphatic rings. The molecular weight excluding hydrogens is 158 g/mol. The van der Waals surface area contributed by atoms with Crippen molar-refractivity contribution < 1.29 is 0 Å². The van der Waals surface area contributed by atoms with Crippen molar-refractivity contribution >= 4 is 0 Å². The van der Waals surface area contributed by atoms with Crippen molar-refractivity contribution in [3.05, 3.63) is 29.1 Å². The predicted octanol–water partition coefficient (Wildman–Crippen LogP) is 2.87. The maximum atomic E-state index is 4.32. The molecule has 1 aromatic rings. The van der Waals surface area contributed by atoms with Gasteiger partial charge in [0.25, 0.3) is 0 Å². The zero-order valence-corrected chi connectivity index (χ0v) is 8.72. The summed E-state index contributed by atoms with van der Waals surface area (Å²) in [5, 5.41) is 0. The fourth-order valence-electron chi connectivity index (χ4n) is 2.14. The Morgan fingerprint density at radius 3 is 2.62 bits per heavy atom. The molecule has 1 heteroatoms. The van der Waals surface area contributed by atoms with Gasteiger partial charge < -0.3 is 0 Å². The first kappa shape index (κ1) is 8.74. The van der Waals surface area contributed by atoms with Gasteiger partial charge in [-0.2, -0.15) is 0 Å². The van der Waals surface area contributed by atoms with Crippen LogP contribution in [0.5, 0.6) is 0 Å². The van der Waals surface area contributed by atoms with Crippen LogP contribution in [0.15, 0.2) is 12.4 Å². The average Bonchev–Trinajstić information content (AvgIpc) is 2.48. The van der Waals surface area contributed by atoms with Crippen LogP contribution in [0.25, 0.3) is 0 Å². The van der Waals surface area contributed by atoms with E-state index in [4.69, 9.17) is 0 Å². The van der Waals surface area contributed by atoms with Gasteiger partial charge in [-0.3, -0.25) is 4.98 Å². The maximum Gasteiger partial charge on any atom is 0.0308 e. The number of aromatic nitrogens is 1. The highest BCUT2D eigenvalue weighted by Crippen LogP contribution is 2.31. The lowest BCUT2D eigenvalue weighted by Crippen LogP contribution is -2.14. The molecule has 1 nitrogen and oxygen atoms in total. The van der Waals surface area contributed by atoms with E-state index in [0.717, 1.165) is 0 Å². The number of pyridine rings is 1.